The second-order valence-electron chi connectivity index (χ2n) is 14.9. The van der Waals surface area contributed by atoms with Crippen LogP contribution in [0, 0.1) is 0 Å². The van der Waals surface area contributed by atoms with Crippen LogP contribution < -0.4 is 0 Å². The summed E-state index contributed by atoms with van der Waals surface area (Å²) in [5, 5.41) is 12.7. The minimum absolute atomic E-state index is 1.16. The van der Waals surface area contributed by atoms with E-state index in [0.717, 1.165) is 5.69 Å². The van der Waals surface area contributed by atoms with E-state index in [1.807, 2.05) is 0 Å². The van der Waals surface area contributed by atoms with Gasteiger partial charge in [0.1, 0.15) is 0 Å². The molecule has 0 fully saturated rings. The average molecular weight is 711 g/mol. The molecule has 0 unspecified atom stereocenters. The highest BCUT2D eigenvalue weighted by Crippen LogP contribution is 2.42. The van der Waals surface area contributed by atoms with Crippen molar-refractivity contribution < 1.29 is 0 Å². The Labute approximate surface area is 323 Å². The Kier molecular flexibility index (Phi) is 6.66. The van der Waals surface area contributed by atoms with E-state index in [2.05, 4.69) is 215 Å². The molecule has 12 aromatic rings. The zero-order valence-electron chi connectivity index (χ0n) is 30.5. The van der Waals surface area contributed by atoms with Crippen LogP contribution in [0.15, 0.2) is 206 Å². The van der Waals surface area contributed by atoms with Crippen LogP contribution in [0.4, 0.5) is 0 Å². The predicted octanol–water partition coefficient (Wildman–Crippen LogP) is 14.7. The molecule has 0 radical (unpaired) electrons. The molecule has 0 saturated heterocycles. The molecule has 10 aromatic carbocycles. The van der Waals surface area contributed by atoms with Gasteiger partial charge in [-0.15, -0.1) is 0 Å². The molecule has 0 N–H and O–H groups in total. The Morgan fingerprint density at radius 3 is 1.30 bits per heavy atom. The Balaban J connectivity index is 1.06. The molecule has 0 atom stereocenters. The van der Waals surface area contributed by atoms with Crippen molar-refractivity contribution in [2.75, 3.05) is 0 Å². The second kappa shape index (κ2) is 12.0. The van der Waals surface area contributed by atoms with Gasteiger partial charge in [-0.25, -0.2) is 0 Å². The molecule has 0 spiro atoms. The van der Waals surface area contributed by atoms with E-state index >= 15 is 0 Å². The quantitative estimate of drug-likeness (QED) is 0.161. The van der Waals surface area contributed by atoms with Gasteiger partial charge in [-0.2, -0.15) is 0 Å². The van der Waals surface area contributed by atoms with Gasteiger partial charge < -0.3 is 9.13 Å². The van der Waals surface area contributed by atoms with Crippen molar-refractivity contribution >= 4 is 75.9 Å². The summed E-state index contributed by atoms with van der Waals surface area (Å²) >= 11 is 0. The summed E-state index contributed by atoms with van der Waals surface area (Å²) in [6, 6.07) is 75.7. The summed E-state index contributed by atoms with van der Waals surface area (Å²) in [5.74, 6) is 0. The molecule has 0 aliphatic carbocycles. The number of aromatic nitrogens is 2. The fraction of sp³-hybridized carbons (Fsp3) is 0. The van der Waals surface area contributed by atoms with Gasteiger partial charge in [0.15, 0.2) is 0 Å². The van der Waals surface area contributed by atoms with Crippen molar-refractivity contribution in [3.05, 3.63) is 206 Å². The lowest BCUT2D eigenvalue weighted by Crippen LogP contribution is -1.96. The van der Waals surface area contributed by atoms with E-state index in [4.69, 9.17) is 0 Å². The van der Waals surface area contributed by atoms with Crippen LogP contribution in [-0.2, 0) is 0 Å². The standard InChI is InChI=1S/C54H34N2/c1-2-14-35(15-3-1)36-16-12-17-39(32-36)55-49-25-10-8-21-43(49)47-33-37(28-30-51(47)55)38-29-31-52-48(34-38)44-22-9-11-26-50(44)56(52)53-27-13-24-46-42-19-5-4-18-40(42)41-20-6-7-23-45(41)54(46)53/h1-34H. The minimum Gasteiger partial charge on any atom is -0.309 e. The van der Waals surface area contributed by atoms with Crippen LogP contribution >= 0.6 is 0 Å². The lowest BCUT2D eigenvalue weighted by Gasteiger charge is -2.16. The highest BCUT2D eigenvalue weighted by Gasteiger charge is 2.19. The SMILES string of the molecule is c1ccc(-c2cccc(-n3c4ccccc4c4cc(-c5ccc6c(c5)c5ccccc5n6-c5cccc6c7ccccc7c7ccccc7c56)ccc43)c2)cc1. The number of benzene rings is 10. The van der Waals surface area contributed by atoms with Crippen molar-refractivity contribution in [1.29, 1.82) is 0 Å². The van der Waals surface area contributed by atoms with Gasteiger partial charge in [-0.3, -0.25) is 0 Å². The Morgan fingerprint density at radius 1 is 0.232 bits per heavy atom. The first-order valence-corrected chi connectivity index (χ1v) is 19.4. The van der Waals surface area contributed by atoms with E-state index in [1.165, 1.54) is 104 Å². The molecule has 0 bridgehead atoms. The predicted molar refractivity (Wildman–Crippen MR) is 239 cm³/mol. The molecule has 2 aromatic heterocycles. The van der Waals surface area contributed by atoms with Gasteiger partial charge in [0.25, 0.3) is 0 Å². The summed E-state index contributed by atoms with van der Waals surface area (Å²) in [6.07, 6.45) is 0. The van der Waals surface area contributed by atoms with Crippen molar-refractivity contribution in [2.45, 2.75) is 0 Å². The fourth-order valence-electron chi connectivity index (χ4n) is 9.42. The average Bonchev–Trinajstić information content (AvgIpc) is 3.79. The van der Waals surface area contributed by atoms with Crippen LogP contribution in [0.2, 0.25) is 0 Å². The third-order valence-electron chi connectivity index (χ3n) is 11.9. The third kappa shape index (κ3) is 4.50. The Hall–Kier alpha value is -7.42. The molecule has 2 heteroatoms. The largest absolute Gasteiger partial charge is 0.309 e. The van der Waals surface area contributed by atoms with Crippen LogP contribution in [0.25, 0.3) is 110 Å². The first-order valence-electron chi connectivity index (χ1n) is 19.4. The first-order chi connectivity index (χ1) is 27.8. The van der Waals surface area contributed by atoms with Crippen molar-refractivity contribution in [1.82, 2.24) is 9.13 Å². The summed E-state index contributed by atoms with van der Waals surface area (Å²) < 4.78 is 4.90. The van der Waals surface area contributed by atoms with Crippen LogP contribution in [0.5, 0.6) is 0 Å². The fourth-order valence-corrected chi connectivity index (χ4v) is 9.42. The number of hydrogen-bond acceptors (Lipinski definition) is 0. The zero-order valence-corrected chi connectivity index (χ0v) is 30.5. The summed E-state index contributed by atoms with van der Waals surface area (Å²) in [5.41, 5.74) is 12.0. The van der Waals surface area contributed by atoms with E-state index in [1.54, 1.807) is 0 Å². The van der Waals surface area contributed by atoms with Gasteiger partial charge >= 0.3 is 0 Å². The van der Waals surface area contributed by atoms with Gasteiger partial charge in [-0.1, -0.05) is 152 Å². The zero-order chi connectivity index (χ0) is 36.7. The van der Waals surface area contributed by atoms with E-state index in [0.29, 0.717) is 0 Å². The molecular weight excluding hydrogens is 677 g/mol. The van der Waals surface area contributed by atoms with Crippen LogP contribution in [0.3, 0.4) is 0 Å². The summed E-state index contributed by atoms with van der Waals surface area (Å²) in [6.45, 7) is 0. The van der Waals surface area contributed by atoms with E-state index in [-0.39, 0.29) is 0 Å². The highest BCUT2D eigenvalue weighted by atomic mass is 15.0. The van der Waals surface area contributed by atoms with Crippen LogP contribution in [0.1, 0.15) is 0 Å². The lowest BCUT2D eigenvalue weighted by atomic mass is 9.93. The molecule has 2 nitrogen and oxygen atoms in total. The minimum atomic E-state index is 1.16. The Morgan fingerprint density at radius 2 is 0.661 bits per heavy atom. The van der Waals surface area contributed by atoms with Crippen molar-refractivity contribution in [3.63, 3.8) is 0 Å². The van der Waals surface area contributed by atoms with Gasteiger partial charge in [0, 0.05) is 32.6 Å². The Bertz CT molecular complexity index is 3480. The topological polar surface area (TPSA) is 9.86 Å². The number of para-hydroxylation sites is 2. The third-order valence-corrected chi connectivity index (χ3v) is 11.9. The number of fused-ring (bicyclic) bond motifs is 12. The molecule has 56 heavy (non-hydrogen) atoms. The molecular formula is C54H34N2. The summed E-state index contributed by atoms with van der Waals surface area (Å²) in [4.78, 5) is 0. The molecule has 0 aliphatic heterocycles. The first kappa shape index (κ1) is 31.0. The highest BCUT2D eigenvalue weighted by molar-refractivity contribution is 6.28. The number of nitrogens with zero attached hydrogens (tertiary/aromatic N) is 2. The van der Waals surface area contributed by atoms with Gasteiger partial charge in [0.2, 0.25) is 0 Å². The molecule has 2 heterocycles. The number of hydrogen-bond donors (Lipinski definition) is 0. The van der Waals surface area contributed by atoms with Gasteiger partial charge in [0.05, 0.1) is 27.8 Å². The molecule has 0 saturated carbocycles. The monoisotopic (exact) mass is 710 g/mol. The second-order valence-corrected chi connectivity index (χ2v) is 14.9. The maximum absolute atomic E-state index is 2.48. The van der Waals surface area contributed by atoms with Crippen LogP contribution in [-0.4, -0.2) is 9.13 Å². The van der Waals surface area contributed by atoms with E-state index < -0.39 is 0 Å². The maximum Gasteiger partial charge on any atom is 0.0547 e. The molecule has 12 rings (SSSR count). The normalized spacial score (nSPS) is 11.9. The molecule has 0 amide bonds. The lowest BCUT2D eigenvalue weighted by molar-refractivity contribution is 1.18. The summed E-state index contributed by atoms with van der Waals surface area (Å²) in [7, 11) is 0. The maximum atomic E-state index is 2.48. The van der Waals surface area contributed by atoms with Gasteiger partial charge in [-0.05, 0) is 104 Å². The molecule has 0 aliphatic rings. The smallest absolute Gasteiger partial charge is 0.0547 e. The number of rotatable bonds is 4. The van der Waals surface area contributed by atoms with E-state index in [9.17, 15) is 0 Å². The van der Waals surface area contributed by atoms with Crippen molar-refractivity contribution in [3.8, 4) is 33.6 Å². The molecule has 260 valence electrons. The van der Waals surface area contributed by atoms with Crippen molar-refractivity contribution in [2.24, 2.45) is 0 Å².